The summed E-state index contributed by atoms with van der Waals surface area (Å²) in [5, 5.41) is 5.47. The Morgan fingerprint density at radius 2 is 1.90 bits per heavy atom. The van der Waals surface area contributed by atoms with Gasteiger partial charge in [0.25, 0.3) is 0 Å². The fourth-order valence-corrected chi connectivity index (χ4v) is 2.08. The molecule has 0 aliphatic rings. The van der Waals surface area contributed by atoms with Crippen molar-refractivity contribution in [1.82, 2.24) is 20.2 Å². The number of unbranched alkanes of at least 4 members (excludes halogenated alkanes) is 3. The van der Waals surface area contributed by atoms with Crippen LogP contribution in [0.25, 0.3) is 0 Å². The van der Waals surface area contributed by atoms with Gasteiger partial charge in [-0.1, -0.05) is 26.7 Å². The smallest absolute Gasteiger partial charge is 0.320 e. The van der Waals surface area contributed by atoms with Gasteiger partial charge in [0.2, 0.25) is 0 Å². The van der Waals surface area contributed by atoms with Crippen LogP contribution in [0.5, 0.6) is 0 Å². The molecule has 0 saturated heterocycles. The fourth-order valence-electron chi connectivity index (χ4n) is 2.08. The number of urea groups is 1. The van der Waals surface area contributed by atoms with Crippen LogP contribution in [-0.2, 0) is 0 Å². The molecule has 2 N–H and O–H groups in total. The monoisotopic (exact) mass is 293 g/mol. The molecule has 0 aliphatic carbocycles. The standard InChI is InChI=1S/C15H27N5O/c1-3-20(4-2)12-8-6-5-7-9-18-15(21)19-14-13-16-10-11-17-14/h10-11,13H,3-9,12H2,1-2H3,(H2,17,18,19,21). The summed E-state index contributed by atoms with van der Waals surface area (Å²) in [6.07, 6.45) is 9.23. The molecule has 0 unspecified atom stereocenters. The number of nitrogens with one attached hydrogen (secondary N) is 2. The van der Waals surface area contributed by atoms with Gasteiger partial charge in [0, 0.05) is 18.9 Å². The number of amides is 2. The third kappa shape index (κ3) is 8.24. The van der Waals surface area contributed by atoms with E-state index in [1.807, 2.05) is 0 Å². The normalized spacial score (nSPS) is 10.6. The Balaban J connectivity index is 1.98. The third-order valence-corrected chi connectivity index (χ3v) is 3.39. The average molecular weight is 293 g/mol. The number of hydrogen-bond donors (Lipinski definition) is 2. The Kier molecular flexibility index (Phi) is 9.11. The zero-order valence-corrected chi connectivity index (χ0v) is 13.1. The van der Waals surface area contributed by atoms with Crippen molar-refractivity contribution in [1.29, 1.82) is 0 Å². The van der Waals surface area contributed by atoms with Crippen molar-refractivity contribution >= 4 is 11.8 Å². The number of carbonyl (C=O) groups excluding carboxylic acids is 1. The molecule has 6 heteroatoms. The molecule has 0 atom stereocenters. The van der Waals surface area contributed by atoms with Crippen molar-refractivity contribution in [2.75, 3.05) is 31.5 Å². The maximum Gasteiger partial charge on any atom is 0.320 e. The second kappa shape index (κ2) is 11.0. The van der Waals surface area contributed by atoms with E-state index in [2.05, 4.69) is 39.3 Å². The third-order valence-electron chi connectivity index (χ3n) is 3.39. The van der Waals surface area contributed by atoms with Gasteiger partial charge < -0.3 is 10.2 Å². The summed E-state index contributed by atoms with van der Waals surface area (Å²) in [5.74, 6) is 0.467. The molecule has 0 aromatic carbocycles. The summed E-state index contributed by atoms with van der Waals surface area (Å²) in [6.45, 7) is 8.51. The molecule has 0 aliphatic heterocycles. The van der Waals surface area contributed by atoms with E-state index in [1.54, 1.807) is 12.4 Å². The zero-order chi connectivity index (χ0) is 15.3. The highest BCUT2D eigenvalue weighted by Gasteiger charge is 2.01. The molecule has 1 aromatic heterocycles. The Morgan fingerprint density at radius 1 is 1.14 bits per heavy atom. The number of hydrogen-bond acceptors (Lipinski definition) is 4. The van der Waals surface area contributed by atoms with Gasteiger partial charge in [-0.05, 0) is 32.5 Å². The number of rotatable bonds is 10. The summed E-state index contributed by atoms with van der Waals surface area (Å²) < 4.78 is 0. The first-order chi connectivity index (χ1) is 10.3. The second-order valence-corrected chi connectivity index (χ2v) is 4.91. The average Bonchev–Trinajstić information content (AvgIpc) is 2.51. The van der Waals surface area contributed by atoms with Crippen molar-refractivity contribution in [3.05, 3.63) is 18.6 Å². The van der Waals surface area contributed by atoms with Crippen molar-refractivity contribution in [2.24, 2.45) is 0 Å². The Morgan fingerprint density at radius 3 is 2.57 bits per heavy atom. The molecule has 0 radical (unpaired) electrons. The van der Waals surface area contributed by atoms with E-state index in [0.29, 0.717) is 12.4 Å². The first-order valence-electron chi connectivity index (χ1n) is 7.79. The molecular formula is C15H27N5O. The summed E-state index contributed by atoms with van der Waals surface area (Å²) in [6, 6.07) is -0.223. The van der Waals surface area contributed by atoms with E-state index < -0.39 is 0 Å². The molecule has 1 aromatic rings. The Bertz CT molecular complexity index is 381. The Labute approximate surface area is 127 Å². The van der Waals surface area contributed by atoms with Gasteiger partial charge in [-0.3, -0.25) is 10.3 Å². The van der Waals surface area contributed by atoms with Crippen molar-refractivity contribution in [3.63, 3.8) is 0 Å². The first kappa shape index (κ1) is 17.4. The van der Waals surface area contributed by atoms with Gasteiger partial charge in [-0.2, -0.15) is 0 Å². The number of aromatic nitrogens is 2. The lowest BCUT2D eigenvalue weighted by molar-refractivity contribution is 0.251. The highest BCUT2D eigenvalue weighted by molar-refractivity contribution is 5.87. The van der Waals surface area contributed by atoms with E-state index >= 15 is 0 Å². The number of nitrogens with zero attached hydrogens (tertiary/aromatic N) is 3. The van der Waals surface area contributed by atoms with Gasteiger partial charge in [-0.15, -0.1) is 0 Å². The van der Waals surface area contributed by atoms with E-state index in [9.17, 15) is 4.79 Å². The summed E-state index contributed by atoms with van der Waals surface area (Å²) >= 11 is 0. The van der Waals surface area contributed by atoms with Gasteiger partial charge >= 0.3 is 6.03 Å². The van der Waals surface area contributed by atoms with Crippen LogP contribution in [0.2, 0.25) is 0 Å². The lowest BCUT2D eigenvalue weighted by atomic mass is 10.2. The van der Waals surface area contributed by atoms with Crippen LogP contribution in [0.4, 0.5) is 10.6 Å². The van der Waals surface area contributed by atoms with Crippen LogP contribution in [0.1, 0.15) is 39.5 Å². The predicted octanol–water partition coefficient (Wildman–Crippen LogP) is 2.50. The molecule has 21 heavy (non-hydrogen) atoms. The van der Waals surface area contributed by atoms with Crippen LogP contribution in [0.15, 0.2) is 18.6 Å². The first-order valence-corrected chi connectivity index (χ1v) is 7.79. The minimum absolute atomic E-state index is 0.223. The minimum Gasteiger partial charge on any atom is -0.338 e. The fraction of sp³-hybridized carbons (Fsp3) is 0.667. The topological polar surface area (TPSA) is 70.2 Å². The zero-order valence-electron chi connectivity index (χ0n) is 13.1. The van der Waals surface area contributed by atoms with Crippen LogP contribution >= 0.6 is 0 Å². The SMILES string of the molecule is CCN(CC)CCCCCCNC(=O)Nc1cnccn1. The lowest BCUT2D eigenvalue weighted by Gasteiger charge is -2.17. The lowest BCUT2D eigenvalue weighted by Crippen LogP contribution is -2.29. The highest BCUT2D eigenvalue weighted by Crippen LogP contribution is 2.01. The highest BCUT2D eigenvalue weighted by atomic mass is 16.2. The molecule has 1 heterocycles. The van der Waals surface area contributed by atoms with Crippen molar-refractivity contribution < 1.29 is 4.79 Å². The second-order valence-electron chi connectivity index (χ2n) is 4.91. The van der Waals surface area contributed by atoms with Crippen LogP contribution in [0, 0.1) is 0 Å². The van der Waals surface area contributed by atoms with Gasteiger partial charge in [0.15, 0.2) is 5.82 Å². The predicted molar refractivity (Wildman–Crippen MR) is 85.3 cm³/mol. The molecule has 6 nitrogen and oxygen atoms in total. The largest absolute Gasteiger partial charge is 0.338 e. The van der Waals surface area contributed by atoms with E-state index in [1.165, 1.54) is 25.6 Å². The van der Waals surface area contributed by atoms with Gasteiger partial charge in [0.1, 0.15) is 0 Å². The van der Waals surface area contributed by atoms with Gasteiger partial charge in [-0.25, -0.2) is 9.78 Å². The molecular weight excluding hydrogens is 266 g/mol. The molecule has 2 amide bonds. The van der Waals surface area contributed by atoms with E-state index in [-0.39, 0.29) is 6.03 Å². The van der Waals surface area contributed by atoms with E-state index in [4.69, 9.17) is 0 Å². The number of carbonyl (C=O) groups is 1. The number of anilines is 1. The molecule has 1 rings (SSSR count). The van der Waals surface area contributed by atoms with Gasteiger partial charge in [0.05, 0.1) is 6.20 Å². The minimum atomic E-state index is -0.223. The molecule has 118 valence electrons. The molecule has 0 spiro atoms. The maximum absolute atomic E-state index is 11.6. The van der Waals surface area contributed by atoms with E-state index in [0.717, 1.165) is 25.9 Å². The molecule has 0 fully saturated rings. The summed E-state index contributed by atoms with van der Waals surface area (Å²) in [7, 11) is 0. The molecule has 0 bridgehead atoms. The molecule has 0 saturated carbocycles. The Hall–Kier alpha value is -1.69. The van der Waals surface area contributed by atoms with Crippen LogP contribution < -0.4 is 10.6 Å². The summed E-state index contributed by atoms with van der Waals surface area (Å²) in [4.78, 5) is 21.9. The van der Waals surface area contributed by atoms with Crippen LogP contribution in [0.3, 0.4) is 0 Å². The quantitative estimate of drug-likeness (QED) is 0.650. The van der Waals surface area contributed by atoms with Crippen molar-refractivity contribution in [3.8, 4) is 0 Å². The van der Waals surface area contributed by atoms with Crippen LogP contribution in [-0.4, -0.2) is 47.1 Å². The van der Waals surface area contributed by atoms with Crippen molar-refractivity contribution in [2.45, 2.75) is 39.5 Å². The maximum atomic E-state index is 11.6. The summed E-state index contributed by atoms with van der Waals surface area (Å²) in [5.41, 5.74) is 0.